The number of piperazine rings is 1. The van der Waals surface area contributed by atoms with Crippen LogP contribution in [0.1, 0.15) is 22.5 Å². The third kappa shape index (κ3) is 5.42. The van der Waals surface area contributed by atoms with E-state index in [-0.39, 0.29) is 11.9 Å². The van der Waals surface area contributed by atoms with Gasteiger partial charge in [-0.05, 0) is 49.5 Å². The molecule has 2 fully saturated rings. The normalized spacial score (nSPS) is 18.2. The molecule has 41 heavy (non-hydrogen) atoms. The maximum Gasteiger partial charge on any atom is 0.261 e. The lowest BCUT2D eigenvalue weighted by Gasteiger charge is -2.34. The van der Waals surface area contributed by atoms with Crippen molar-refractivity contribution < 1.29 is 4.79 Å². The second-order valence-electron chi connectivity index (χ2n) is 10.8. The molecule has 0 radical (unpaired) electrons. The highest BCUT2D eigenvalue weighted by molar-refractivity contribution is 7.20. The fourth-order valence-electron chi connectivity index (χ4n) is 5.65. The Morgan fingerprint density at radius 3 is 2.71 bits per heavy atom. The molecule has 0 spiro atoms. The second-order valence-corrected chi connectivity index (χ2v) is 11.9. The lowest BCUT2D eigenvalue weighted by atomic mass is 10.1. The predicted molar refractivity (Wildman–Crippen MR) is 165 cm³/mol. The fourth-order valence-corrected chi connectivity index (χ4v) is 6.61. The Hall–Kier alpha value is -4.22. The third-order valence-corrected chi connectivity index (χ3v) is 9.06. The zero-order valence-corrected chi connectivity index (χ0v) is 23.8. The van der Waals surface area contributed by atoms with Gasteiger partial charge >= 0.3 is 0 Å². The number of rotatable bonds is 6. The van der Waals surface area contributed by atoms with Crippen LogP contribution < -0.4 is 20.4 Å². The van der Waals surface area contributed by atoms with Gasteiger partial charge in [-0.15, -0.1) is 11.3 Å². The Kier molecular flexibility index (Phi) is 6.89. The number of hydrogen-bond acceptors (Lipinski definition) is 9. The van der Waals surface area contributed by atoms with Crippen molar-refractivity contribution in [2.24, 2.45) is 0 Å². The van der Waals surface area contributed by atoms with Gasteiger partial charge in [0.1, 0.15) is 17.5 Å². The first-order valence-corrected chi connectivity index (χ1v) is 15.0. The third-order valence-electron chi connectivity index (χ3n) is 7.95. The van der Waals surface area contributed by atoms with Crippen molar-refractivity contribution in [3.8, 4) is 0 Å². The molecular weight excluding hydrogens is 534 g/mol. The van der Waals surface area contributed by atoms with E-state index < -0.39 is 0 Å². The molecule has 4 aromatic heterocycles. The van der Waals surface area contributed by atoms with Crippen LogP contribution in [0, 0.1) is 0 Å². The SMILES string of the molecule is CN1CCN(c2ccc(Nc3cc(N4CCC[C@@H](NC(=O)c5cc6ccccc6s5)C4)nc4ccnn34)nc2)CC1. The van der Waals surface area contributed by atoms with Crippen LogP contribution in [0.5, 0.6) is 0 Å². The van der Waals surface area contributed by atoms with Crippen molar-refractivity contribution in [2.75, 3.05) is 61.4 Å². The van der Waals surface area contributed by atoms with Gasteiger partial charge in [0.15, 0.2) is 5.65 Å². The summed E-state index contributed by atoms with van der Waals surface area (Å²) in [5, 5.41) is 12.3. The molecule has 1 atom stereocenters. The lowest BCUT2D eigenvalue weighted by molar-refractivity contribution is 0.0937. The van der Waals surface area contributed by atoms with Crippen molar-refractivity contribution in [2.45, 2.75) is 18.9 Å². The number of carbonyl (C=O) groups is 1. The summed E-state index contributed by atoms with van der Waals surface area (Å²) >= 11 is 1.54. The van der Waals surface area contributed by atoms with Gasteiger partial charge in [0.05, 0.1) is 23.0 Å². The van der Waals surface area contributed by atoms with Gasteiger partial charge in [-0.2, -0.15) is 9.61 Å². The van der Waals surface area contributed by atoms with Crippen LogP contribution in [0.2, 0.25) is 0 Å². The van der Waals surface area contributed by atoms with Crippen molar-refractivity contribution in [1.82, 2.24) is 29.8 Å². The largest absolute Gasteiger partial charge is 0.368 e. The van der Waals surface area contributed by atoms with E-state index >= 15 is 0 Å². The molecule has 2 N–H and O–H groups in total. The summed E-state index contributed by atoms with van der Waals surface area (Å²) in [5.41, 5.74) is 1.90. The quantitative estimate of drug-likeness (QED) is 0.315. The Morgan fingerprint density at radius 2 is 1.88 bits per heavy atom. The average Bonchev–Trinajstić information content (AvgIpc) is 3.66. The van der Waals surface area contributed by atoms with E-state index in [9.17, 15) is 4.79 Å². The summed E-state index contributed by atoms with van der Waals surface area (Å²) < 4.78 is 2.93. The topological polar surface area (TPSA) is 93.9 Å². The maximum absolute atomic E-state index is 13.1. The molecule has 10 nitrogen and oxygen atoms in total. The van der Waals surface area contributed by atoms with Gasteiger partial charge in [-0.3, -0.25) is 4.79 Å². The molecule has 0 unspecified atom stereocenters. The summed E-state index contributed by atoms with van der Waals surface area (Å²) in [6, 6.07) is 18.2. The number of carbonyl (C=O) groups excluding carboxylic acids is 1. The number of nitrogens with one attached hydrogen (secondary N) is 2. The van der Waals surface area contributed by atoms with Gasteiger partial charge in [0, 0.05) is 62.1 Å². The number of aromatic nitrogens is 4. The Bertz CT molecular complexity index is 1640. The minimum atomic E-state index is -0.00861. The highest BCUT2D eigenvalue weighted by Crippen LogP contribution is 2.27. The zero-order chi connectivity index (χ0) is 27.8. The molecule has 210 valence electrons. The smallest absolute Gasteiger partial charge is 0.261 e. The van der Waals surface area contributed by atoms with E-state index in [0.717, 1.165) is 89.3 Å². The van der Waals surface area contributed by atoms with E-state index in [1.165, 1.54) is 11.3 Å². The minimum absolute atomic E-state index is 0.00861. The summed E-state index contributed by atoms with van der Waals surface area (Å²) in [7, 11) is 2.16. The van der Waals surface area contributed by atoms with E-state index in [1.54, 1.807) is 10.7 Å². The molecule has 7 rings (SSSR count). The molecule has 11 heteroatoms. The standard InChI is InChI=1S/C30H33N9OS/c1-36-13-15-37(16-14-36)23-8-9-26(31-19-23)34-29-18-28(35-27-10-11-32-39(27)29)38-12-4-6-22(20-38)33-30(40)25-17-21-5-2-3-7-24(21)41-25/h2-3,5,7-11,17-19,22H,4,6,12-16,20H2,1H3,(H,31,34)(H,33,40)/t22-/m1/s1. The van der Waals surface area contributed by atoms with Crippen molar-refractivity contribution in [1.29, 1.82) is 0 Å². The number of piperidine rings is 1. The lowest BCUT2D eigenvalue weighted by Crippen LogP contribution is -2.48. The van der Waals surface area contributed by atoms with Crippen LogP contribution in [0.3, 0.4) is 0 Å². The summed E-state index contributed by atoms with van der Waals surface area (Å²) in [6.45, 7) is 5.71. The first kappa shape index (κ1) is 25.7. The zero-order valence-electron chi connectivity index (χ0n) is 23.0. The summed E-state index contributed by atoms with van der Waals surface area (Å²) in [6.07, 6.45) is 5.61. The summed E-state index contributed by atoms with van der Waals surface area (Å²) in [5.74, 6) is 2.40. The molecule has 0 bridgehead atoms. The average molecular weight is 568 g/mol. The van der Waals surface area contributed by atoms with Crippen LogP contribution in [0.25, 0.3) is 15.7 Å². The maximum atomic E-state index is 13.1. The van der Waals surface area contributed by atoms with Crippen LogP contribution in [-0.4, -0.2) is 82.7 Å². The fraction of sp³-hybridized carbons (Fsp3) is 0.333. The predicted octanol–water partition coefficient (Wildman–Crippen LogP) is 4.23. The van der Waals surface area contributed by atoms with Crippen LogP contribution in [0.15, 0.2) is 67.0 Å². The van der Waals surface area contributed by atoms with Crippen LogP contribution in [-0.2, 0) is 0 Å². The van der Waals surface area contributed by atoms with E-state index in [1.807, 2.05) is 48.7 Å². The molecule has 0 aliphatic carbocycles. The van der Waals surface area contributed by atoms with E-state index in [2.05, 4.69) is 49.6 Å². The van der Waals surface area contributed by atoms with Gasteiger partial charge in [0.25, 0.3) is 5.91 Å². The molecule has 2 aliphatic heterocycles. The number of benzene rings is 1. The van der Waals surface area contributed by atoms with E-state index in [0.29, 0.717) is 6.54 Å². The first-order valence-electron chi connectivity index (χ1n) is 14.1. The molecule has 0 saturated carbocycles. The van der Waals surface area contributed by atoms with Crippen molar-refractivity contribution in [3.05, 3.63) is 71.9 Å². The van der Waals surface area contributed by atoms with Crippen LogP contribution >= 0.6 is 11.3 Å². The number of pyridine rings is 1. The molecule has 2 aliphatic rings. The number of likely N-dealkylation sites (N-methyl/N-ethyl adjacent to an activating group) is 1. The molecule has 1 aromatic carbocycles. The highest BCUT2D eigenvalue weighted by Gasteiger charge is 2.25. The number of nitrogens with zero attached hydrogens (tertiary/aromatic N) is 7. The molecule has 1 amide bonds. The Labute approximate surface area is 242 Å². The Morgan fingerprint density at radius 1 is 1.00 bits per heavy atom. The first-order chi connectivity index (χ1) is 20.1. The summed E-state index contributed by atoms with van der Waals surface area (Å²) in [4.78, 5) is 30.4. The number of anilines is 4. The van der Waals surface area contributed by atoms with Crippen molar-refractivity contribution in [3.63, 3.8) is 0 Å². The molecule has 2 saturated heterocycles. The molecule has 5 aromatic rings. The molecule has 6 heterocycles. The number of fused-ring (bicyclic) bond motifs is 2. The highest BCUT2D eigenvalue weighted by atomic mass is 32.1. The van der Waals surface area contributed by atoms with Crippen molar-refractivity contribution >= 4 is 56.1 Å². The second kappa shape index (κ2) is 11.0. The minimum Gasteiger partial charge on any atom is -0.368 e. The number of thiophene rings is 1. The van der Waals surface area contributed by atoms with Gasteiger partial charge < -0.3 is 25.3 Å². The Balaban J connectivity index is 1.06. The monoisotopic (exact) mass is 567 g/mol. The number of hydrogen-bond donors (Lipinski definition) is 2. The van der Waals surface area contributed by atoms with E-state index in [4.69, 9.17) is 9.97 Å². The van der Waals surface area contributed by atoms with Crippen LogP contribution in [0.4, 0.5) is 23.1 Å². The van der Waals surface area contributed by atoms with Gasteiger partial charge in [0.2, 0.25) is 0 Å². The van der Waals surface area contributed by atoms with Gasteiger partial charge in [-0.25, -0.2) is 9.97 Å². The molecular formula is C30H33N9OS. The number of amides is 1. The van der Waals surface area contributed by atoms with Gasteiger partial charge in [-0.1, -0.05) is 18.2 Å².